The van der Waals surface area contributed by atoms with E-state index in [2.05, 4.69) is 60.5 Å². The molecule has 0 unspecified atom stereocenters. The first-order valence-corrected chi connectivity index (χ1v) is 7.31. The minimum absolute atomic E-state index is 0.248. The second-order valence-corrected chi connectivity index (χ2v) is 5.57. The average Bonchev–Trinajstić information content (AvgIpc) is 2.43. The highest BCUT2D eigenvalue weighted by Crippen LogP contribution is 2.36. The minimum Gasteiger partial charge on any atom is -0.293 e. The maximum Gasteiger partial charge on any atom is 0.0281 e. The average molecular weight is 255 g/mol. The molecule has 0 amide bonds. The number of piperidine rings is 1. The number of hydrogen-bond acceptors (Lipinski definition) is 1. The topological polar surface area (TPSA) is 3.24 Å². The van der Waals surface area contributed by atoms with Gasteiger partial charge in [0.15, 0.2) is 0 Å². The molecule has 19 heavy (non-hydrogen) atoms. The van der Waals surface area contributed by atoms with Gasteiger partial charge in [-0.1, -0.05) is 48.9 Å². The number of nitrogens with zero attached hydrogens (tertiary/aromatic N) is 1. The molecule has 1 saturated heterocycles. The van der Waals surface area contributed by atoms with Gasteiger partial charge in [-0.15, -0.1) is 13.2 Å². The van der Waals surface area contributed by atoms with E-state index in [1.54, 1.807) is 0 Å². The molecule has 102 valence electrons. The number of rotatable bonds is 6. The third-order valence-corrected chi connectivity index (χ3v) is 4.26. The van der Waals surface area contributed by atoms with Gasteiger partial charge in [0.1, 0.15) is 0 Å². The van der Waals surface area contributed by atoms with Crippen LogP contribution in [0.1, 0.15) is 37.7 Å². The predicted octanol–water partition coefficient (Wildman–Crippen LogP) is 4.56. The maximum absolute atomic E-state index is 3.96. The Balaban J connectivity index is 2.18. The molecule has 1 heteroatoms. The van der Waals surface area contributed by atoms with Crippen LogP contribution in [-0.2, 0) is 6.54 Å². The SMILES string of the molecule is C=CCC1(CC=C)CCCCN1Cc1ccccc1. The van der Waals surface area contributed by atoms with Crippen LogP contribution in [0.2, 0.25) is 0 Å². The third-order valence-electron chi connectivity index (χ3n) is 4.26. The van der Waals surface area contributed by atoms with E-state index in [-0.39, 0.29) is 5.54 Å². The minimum atomic E-state index is 0.248. The van der Waals surface area contributed by atoms with E-state index in [1.165, 1.54) is 31.4 Å². The normalized spacial score (nSPS) is 18.9. The van der Waals surface area contributed by atoms with Crippen molar-refractivity contribution in [3.05, 3.63) is 61.2 Å². The summed E-state index contributed by atoms with van der Waals surface area (Å²) in [7, 11) is 0. The molecule has 1 nitrogen and oxygen atoms in total. The van der Waals surface area contributed by atoms with Crippen LogP contribution in [0.5, 0.6) is 0 Å². The Morgan fingerprint density at radius 3 is 2.37 bits per heavy atom. The van der Waals surface area contributed by atoms with Crippen LogP contribution >= 0.6 is 0 Å². The monoisotopic (exact) mass is 255 g/mol. The van der Waals surface area contributed by atoms with Crippen LogP contribution in [0.4, 0.5) is 0 Å². The molecule has 1 aromatic rings. The second-order valence-electron chi connectivity index (χ2n) is 5.57. The molecule has 1 aromatic carbocycles. The lowest BCUT2D eigenvalue weighted by Crippen LogP contribution is -2.50. The van der Waals surface area contributed by atoms with Gasteiger partial charge in [0.05, 0.1) is 0 Å². The van der Waals surface area contributed by atoms with E-state index in [9.17, 15) is 0 Å². The zero-order valence-electron chi connectivity index (χ0n) is 11.9. The molecule has 0 saturated carbocycles. The van der Waals surface area contributed by atoms with Gasteiger partial charge >= 0.3 is 0 Å². The summed E-state index contributed by atoms with van der Waals surface area (Å²) in [6, 6.07) is 10.8. The molecule has 0 radical (unpaired) electrons. The van der Waals surface area contributed by atoms with Gasteiger partial charge in [0, 0.05) is 12.1 Å². The second kappa shape index (κ2) is 6.72. The molecule has 0 aromatic heterocycles. The van der Waals surface area contributed by atoms with E-state index in [4.69, 9.17) is 0 Å². The standard InChI is InChI=1S/C18H25N/c1-3-12-18(13-4-2)14-8-9-15-19(18)16-17-10-6-5-7-11-17/h3-7,10-11H,1-2,8-9,12-16H2. The molecular formula is C18H25N. The number of hydrogen-bond donors (Lipinski definition) is 0. The zero-order chi connectivity index (χ0) is 13.6. The zero-order valence-corrected chi connectivity index (χ0v) is 11.9. The molecule has 1 aliphatic rings. The van der Waals surface area contributed by atoms with E-state index < -0.39 is 0 Å². The first-order valence-electron chi connectivity index (χ1n) is 7.31. The van der Waals surface area contributed by atoms with Crippen molar-refractivity contribution in [1.82, 2.24) is 4.90 Å². The summed E-state index contributed by atoms with van der Waals surface area (Å²) in [5.41, 5.74) is 1.65. The van der Waals surface area contributed by atoms with Gasteiger partial charge in [0.25, 0.3) is 0 Å². The van der Waals surface area contributed by atoms with Crippen molar-refractivity contribution < 1.29 is 0 Å². The fourth-order valence-corrected chi connectivity index (χ4v) is 3.29. The Morgan fingerprint density at radius 2 is 1.74 bits per heavy atom. The van der Waals surface area contributed by atoms with Gasteiger partial charge < -0.3 is 0 Å². The molecular weight excluding hydrogens is 230 g/mol. The Labute approximate surface area is 117 Å². The van der Waals surface area contributed by atoms with Crippen LogP contribution in [0, 0.1) is 0 Å². The van der Waals surface area contributed by atoms with Crippen molar-refractivity contribution in [2.24, 2.45) is 0 Å². The van der Waals surface area contributed by atoms with Gasteiger partial charge in [0.2, 0.25) is 0 Å². The molecule has 2 rings (SSSR count). The van der Waals surface area contributed by atoms with Crippen molar-refractivity contribution in [2.45, 2.75) is 44.2 Å². The fraction of sp³-hybridized carbons (Fsp3) is 0.444. The van der Waals surface area contributed by atoms with Crippen molar-refractivity contribution in [3.8, 4) is 0 Å². The van der Waals surface area contributed by atoms with Gasteiger partial charge in [-0.3, -0.25) is 4.90 Å². The summed E-state index contributed by atoms with van der Waals surface area (Å²) < 4.78 is 0. The van der Waals surface area contributed by atoms with E-state index >= 15 is 0 Å². The summed E-state index contributed by atoms with van der Waals surface area (Å²) in [6.07, 6.45) is 10.2. The number of likely N-dealkylation sites (tertiary alicyclic amines) is 1. The van der Waals surface area contributed by atoms with Gasteiger partial charge in [-0.25, -0.2) is 0 Å². The smallest absolute Gasteiger partial charge is 0.0281 e. The molecule has 0 atom stereocenters. The highest BCUT2D eigenvalue weighted by atomic mass is 15.2. The van der Waals surface area contributed by atoms with Crippen LogP contribution in [0.3, 0.4) is 0 Å². The summed E-state index contributed by atoms with van der Waals surface area (Å²) >= 11 is 0. The molecule has 0 bridgehead atoms. The highest BCUT2D eigenvalue weighted by molar-refractivity contribution is 5.16. The molecule has 1 heterocycles. The summed E-state index contributed by atoms with van der Waals surface area (Å²) in [5, 5.41) is 0. The summed E-state index contributed by atoms with van der Waals surface area (Å²) in [4.78, 5) is 2.65. The van der Waals surface area contributed by atoms with Crippen molar-refractivity contribution in [3.63, 3.8) is 0 Å². The fourth-order valence-electron chi connectivity index (χ4n) is 3.29. The summed E-state index contributed by atoms with van der Waals surface area (Å²) in [6.45, 7) is 10.2. The quantitative estimate of drug-likeness (QED) is 0.673. The highest BCUT2D eigenvalue weighted by Gasteiger charge is 2.36. The Morgan fingerprint density at radius 1 is 1.05 bits per heavy atom. The molecule has 1 aliphatic heterocycles. The van der Waals surface area contributed by atoms with Gasteiger partial charge in [-0.2, -0.15) is 0 Å². The summed E-state index contributed by atoms with van der Waals surface area (Å²) in [5.74, 6) is 0. The van der Waals surface area contributed by atoms with E-state index in [0.717, 1.165) is 19.4 Å². The first-order chi connectivity index (χ1) is 9.30. The Kier molecular flexibility index (Phi) is 4.98. The van der Waals surface area contributed by atoms with Crippen molar-refractivity contribution in [2.75, 3.05) is 6.54 Å². The van der Waals surface area contributed by atoms with Crippen LogP contribution < -0.4 is 0 Å². The maximum atomic E-state index is 3.96. The van der Waals surface area contributed by atoms with Crippen molar-refractivity contribution in [1.29, 1.82) is 0 Å². The van der Waals surface area contributed by atoms with Crippen LogP contribution in [0.25, 0.3) is 0 Å². The molecule has 0 spiro atoms. The van der Waals surface area contributed by atoms with E-state index in [0.29, 0.717) is 0 Å². The predicted molar refractivity (Wildman–Crippen MR) is 83.1 cm³/mol. The lowest BCUT2D eigenvalue weighted by atomic mass is 9.80. The lowest BCUT2D eigenvalue weighted by Gasteiger charge is -2.47. The lowest BCUT2D eigenvalue weighted by molar-refractivity contribution is 0.0427. The van der Waals surface area contributed by atoms with Crippen molar-refractivity contribution >= 4 is 0 Å². The first kappa shape index (κ1) is 14.1. The largest absolute Gasteiger partial charge is 0.293 e. The Bertz CT molecular complexity index is 397. The van der Waals surface area contributed by atoms with E-state index in [1.807, 2.05) is 0 Å². The van der Waals surface area contributed by atoms with Crippen LogP contribution in [0.15, 0.2) is 55.6 Å². The Hall–Kier alpha value is -1.34. The number of benzene rings is 1. The molecule has 0 N–H and O–H groups in total. The third kappa shape index (κ3) is 3.36. The van der Waals surface area contributed by atoms with Crippen LogP contribution in [-0.4, -0.2) is 17.0 Å². The van der Waals surface area contributed by atoms with Gasteiger partial charge in [-0.05, 0) is 37.8 Å². The molecule has 1 fully saturated rings. The molecule has 0 aliphatic carbocycles.